The van der Waals surface area contributed by atoms with Crippen molar-refractivity contribution in [3.8, 4) is 51.3 Å². The molecule has 5 nitrogen and oxygen atoms in total. The number of ether oxygens (including phenoxy) is 1. The Labute approximate surface area is 228 Å². The largest absolute Gasteiger partial charge is 0.507 e. The molecule has 37 heavy (non-hydrogen) atoms. The molecule has 1 N–H and O–H groups in total. The van der Waals surface area contributed by atoms with E-state index in [2.05, 4.69) is 11.1 Å². The summed E-state index contributed by atoms with van der Waals surface area (Å²) in [5.41, 5.74) is 3.61. The van der Waals surface area contributed by atoms with Crippen LogP contribution in [0.5, 0.6) is 17.4 Å². The van der Waals surface area contributed by atoms with E-state index in [1.165, 1.54) is 0 Å². The van der Waals surface area contributed by atoms with Crippen molar-refractivity contribution in [1.82, 2.24) is 15.0 Å². The summed E-state index contributed by atoms with van der Waals surface area (Å²) in [4.78, 5) is 14.0. The predicted molar refractivity (Wildman–Crippen MR) is 141 cm³/mol. The van der Waals surface area contributed by atoms with Crippen molar-refractivity contribution in [2.45, 2.75) is 0 Å². The summed E-state index contributed by atoms with van der Waals surface area (Å²) in [6.45, 7) is 0. The number of benzene rings is 4. The Morgan fingerprint density at radius 2 is 1.41 bits per heavy atom. The van der Waals surface area contributed by atoms with Gasteiger partial charge in [0.15, 0.2) is 0 Å². The number of phenolic OH excluding ortho intramolecular Hbond substituents is 1. The topological polar surface area (TPSA) is 68.1 Å². The monoisotopic (exact) mass is 661 g/mol. The standard InChI is InChI=1S/C31H20N3O2.Pt/c35-29-16-7-6-15-26(29)28-19-27(21-9-2-1-3-10-21)33-31(34-28)23-13-8-14-25(17-23)36-30-18-22-11-4-5-12-24(22)20-32-30;/h1-16,18-20,35H;/q-1;. The molecular formula is C31H20N3O2Pt-. The summed E-state index contributed by atoms with van der Waals surface area (Å²) in [6.07, 6.45) is 1.79. The summed E-state index contributed by atoms with van der Waals surface area (Å²) in [5.74, 6) is 1.63. The van der Waals surface area contributed by atoms with Crippen molar-refractivity contribution >= 4 is 10.8 Å². The molecule has 0 spiro atoms. The van der Waals surface area contributed by atoms with Crippen LogP contribution in [0.25, 0.3) is 44.7 Å². The molecule has 4 aromatic carbocycles. The molecule has 6 heteroatoms. The number of nitrogens with zero attached hydrogens (tertiary/aromatic N) is 3. The van der Waals surface area contributed by atoms with E-state index in [4.69, 9.17) is 14.7 Å². The third-order valence-corrected chi connectivity index (χ3v) is 5.81. The first-order chi connectivity index (χ1) is 17.7. The van der Waals surface area contributed by atoms with E-state index in [9.17, 15) is 5.11 Å². The first-order valence-electron chi connectivity index (χ1n) is 11.5. The van der Waals surface area contributed by atoms with Gasteiger partial charge in [0.05, 0.1) is 17.2 Å². The van der Waals surface area contributed by atoms with Gasteiger partial charge in [-0.1, -0.05) is 72.8 Å². The number of aromatic hydroxyl groups is 1. The van der Waals surface area contributed by atoms with Gasteiger partial charge in [-0.25, -0.2) is 4.98 Å². The van der Waals surface area contributed by atoms with E-state index in [0.29, 0.717) is 34.3 Å². The molecule has 0 aliphatic carbocycles. The third-order valence-electron chi connectivity index (χ3n) is 5.81. The Bertz CT molecular complexity index is 1690. The fourth-order valence-corrected chi connectivity index (χ4v) is 4.02. The van der Waals surface area contributed by atoms with Gasteiger partial charge in [-0.15, -0.1) is 23.8 Å². The molecule has 0 aliphatic rings. The summed E-state index contributed by atoms with van der Waals surface area (Å²) in [7, 11) is 0. The fourth-order valence-electron chi connectivity index (χ4n) is 4.02. The number of rotatable bonds is 5. The predicted octanol–water partition coefficient (Wildman–Crippen LogP) is 7.32. The smallest absolute Gasteiger partial charge is 0.217 e. The summed E-state index contributed by atoms with van der Waals surface area (Å²) in [6, 6.07) is 37.7. The average Bonchev–Trinajstić information content (AvgIpc) is 2.94. The van der Waals surface area contributed by atoms with Gasteiger partial charge in [-0.2, -0.15) is 0 Å². The van der Waals surface area contributed by atoms with Gasteiger partial charge in [0.25, 0.3) is 0 Å². The number of para-hydroxylation sites is 1. The Morgan fingerprint density at radius 1 is 0.676 bits per heavy atom. The second kappa shape index (κ2) is 10.7. The maximum absolute atomic E-state index is 10.5. The van der Waals surface area contributed by atoms with Crippen molar-refractivity contribution in [1.29, 1.82) is 0 Å². The van der Waals surface area contributed by atoms with Crippen LogP contribution < -0.4 is 4.74 Å². The zero-order chi connectivity index (χ0) is 24.3. The van der Waals surface area contributed by atoms with Gasteiger partial charge >= 0.3 is 0 Å². The summed E-state index contributed by atoms with van der Waals surface area (Å²) < 4.78 is 6.04. The number of hydrogen-bond donors (Lipinski definition) is 1. The molecule has 6 aromatic rings. The Balaban J connectivity index is 0.00000280. The van der Waals surface area contributed by atoms with Crippen LogP contribution in [-0.2, 0) is 21.1 Å². The molecule has 6 rings (SSSR count). The molecule has 0 fully saturated rings. The van der Waals surface area contributed by atoms with Crippen molar-refractivity contribution in [2.75, 3.05) is 0 Å². The second-order valence-electron chi connectivity index (χ2n) is 8.25. The first-order valence-corrected chi connectivity index (χ1v) is 11.5. The quantitative estimate of drug-likeness (QED) is 0.196. The van der Waals surface area contributed by atoms with Gasteiger partial charge in [-0.3, -0.25) is 9.97 Å². The van der Waals surface area contributed by atoms with Gasteiger partial charge in [0.2, 0.25) is 5.88 Å². The zero-order valence-corrected chi connectivity index (χ0v) is 21.8. The molecular weight excluding hydrogens is 641 g/mol. The molecule has 0 bridgehead atoms. The molecule has 0 radical (unpaired) electrons. The maximum atomic E-state index is 10.5. The number of fused-ring (bicyclic) bond motifs is 1. The number of pyridine rings is 1. The minimum Gasteiger partial charge on any atom is -0.507 e. The van der Waals surface area contributed by atoms with E-state index < -0.39 is 0 Å². The van der Waals surface area contributed by atoms with Gasteiger partial charge in [0.1, 0.15) is 5.75 Å². The van der Waals surface area contributed by atoms with Crippen LogP contribution in [-0.4, -0.2) is 20.1 Å². The van der Waals surface area contributed by atoms with E-state index in [0.717, 1.165) is 22.0 Å². The Hall–Kier alpha value is -4.34. The molecule has 0 saturated carbocycles. The van der Waals surface area contributed by atoms with Gasteiger partial charge in [-0.05, 0) is 29.1 Å². The normalized spacial score (nSPS) is 10.6. The van der Waals surface area contributed by atoms with Gasteiger partial charge in [0, 0.05) is 50.0 Å². The summed E-state index contributed by atoms with van der Waals surface area (Å²) in [5, 5.41) is 12.6. The number of hydrogen-bond acceptors (Lipinski definition) is 5. The van der Waals surface area contributed by atoms with Crippen molar-refractivity contribution in [3.05, 3.63) is 121 Å². The van der Waals surface area contributed by atoms with Crippen LogP contribution in [0.4, 0.5) is 0 Å². The zero-order valence-electron chi connectivity index (χ0n) is 19.5. The van der Waals surface area contributed by atoms with E-state index in [1.807, 2.05) is 97.1 Å². The molecule has 0 atom stereocenters. The summed E-state index contributed by atoms with van der Waals surface area (Å²) >= 11 is 0. The first kappa shape index (κ1) is 24.4. The third kappa shape index (κ3) is 5.27. The second-order valence-corrected chi connectivity index (χ2v) is 8.25. The van der Waals surface area contributed by atoms with Crippen molar-refractivity contribution < 1.29 is 30.9 Å². The number of phenols is 1. The maximum Gasteiger partial charge on any atom is 0.217 e. The minimum absolute atomic E-state index is 0. The Kier molecular flexibility index (Phi) is 7.06. The van der Waals surface area contributed by atoms with Crippen LogP contribution >= 0.6 is 0 Å². The van der Waals surface area contributed by atoms with E-state index >= 15 is 0 Å². The van der Waals surface area contributed by atoms with Crippen LogP contribution in [0.2, 0.25) is 0 Å². The molecule has 0 saturated heterocycles. The molecule has 2 heterocycles. The van der Waals surface area contributed by atoms with Crippen LogP contribution in [0, 0.1) is 6.07 Å². The average molecular weight is 662 g/mol. The molecule has 0 unspecified atom stereocenters. The molecule has 0 amide bonds. The van der Waals surface area contributed by atoms with Crippen molar-refractivity contribution in [2.24, 2.45) is 0 Å². The minimum atomic E-state index is 0. The van der Waals surface area contributed by atoms with Crippen molar-refractivity contribution in [3.63, 3.8) is 0 Å². The fraction of sp³-hybridized carbons (Fsp3) is 0. The molecule has 2 aromatic heterocycles. The van der Waals surface area contributed by atoms with Crippen LogP contribution in [0.15, 0.2) is 115 Å². The number of aromatic nitrogens is 3. The van der Waals surface area contributed by atoms with Crippen LogP contribution in [0.1, 0.15) is 0 Å². The van der Waals surface area contributed by atoms with E-state index in [-0.39, 0.29) is 26.8 Å². The van der Waals surface area contributed by atoms with E-state index in [1.54, 1.807) is 18.3 Å². The molecule has 0 aliphatic heterocycles. The molecule has 182 valence electrons. The van der Waals surface area contributed by atoms with Gasteiger partial charge < -0.3 is 9.84 Å². The van der Waals surface area contributed by atoms with Crippen LogP contribution in [0.3, 0.4) is 0 Å². The SMILES string of the molecule is Oc1ccccc1-c1cc(-c2ccccc2)nc(-c2[c-]c(Oc3cc4ccccc4cn3)ccc2)n1.[Pt]. The Morgan fingerprint density at radius 3 is 2.24 bits per heavy atom.